The number of hydrogen-bond acceptors (Lipinski definition) is 5. The van der Waals surface area contributed by atoms with Crippen LogP contribution >= 0.6 is 11.3 Å². The molecular weight excluding hydrogens is 326 g/mol. The Labute approximate surface area is 147 Å². The summed E-state index contributed by atoms with van der Waals surface area (Å²) in [5.41, 5.74) is 0.920. The molecule has 1 N–H and O–H groups in total. The average Bonchev–Trinajstić information content (AvgIpc) is 2.88. The molecule has 24 heavy (non-hydrogen) atoms. The number of amides is 1. The number of ether oxygens (including phenoxy) is 1. The SMILES string of the molecule is Cc1csc(=O)n1CCC(=O)NCC(CC(C)C)N1CCOCC1. The van der Waals surface area contributed by atoms with Gasteiger partial charge < -0.3 is 14.6 Å². The van der Waals surface area contributed by atoms with Crippen LogP contribution in [0.1, 0.15) is 32.4 Å². The normalized spacial score (nSPS) is 17.2. The van der Waals surface area contributed by atoms with Gasteiger partial charge in [-0.1, -0.05) is 25.2 Å². The fourth-order valence-electron chi connectivity index (χ4n) is 3.06. The maximum Gasteiger partial charge on any atom is 0.307 e. The Morgan fingerprint density at radius 2 is 2.08 bits per heavy atom. The predicted octanol–water partition coefficient (Wildman–Crippen LogP) is 1.47. The zero-order valence-corrected chi connectivity index (χ0v) is 15.7. The van der Waals surface area contributed by atoms with E-state index < -0.39 is 0 Å². The lowest BCUT2D eigenvalue weighted by Gasteiger charge is -2.35. The van der Waals surface area contributed by atoms with E-state index in [4.69, 9.17) is 4.74 Å². The highest BCUT2D eigenvalue weighted by Crippen LogP contribution is 2.13. The number of nitrogens with zero attached hydrogens (tertiary/aromatic N) is 2. The van der Waals surface area contributed by atoms with Crippen molar-refractivity contribution in [3.63, 3.8) is 0 Å². The molecule has 1 saturated heterocycles. The number of carbonyl (C=O) groups excluding carboxylic acids is 1. The molecule has 0 bridgehead atoms. The summed E-state index contributed by atoms with van der Waals surface area (Å²) in [5, 5.41) is 4.88. The zero-order chi connectivity index (χ0) is 17.5. The molecule has 2 rings (SSSR count). The molecule has 2 heterocycles. The Morgan fingerprint density at radius 3 is 2.67 bits per heavy atom. The van der Waals surface area contributed by atoms with Crippen LogP contribution in [0.25, 0.3) is 0 Å². The highest BCUT2D eigenvalue weighted by atomic mass is 32.1. The summed E-state index contributed by atoms with van der Waals surface area (Å²) in [6.45, 7) is 10.8. The van der Waals surface area contributed by atoms with Crippen LogP contribution in [0.3, 0.4) is 0 Å². The molecular formula is C17H29N3O3S. The first kappa shape index (κ1) is 19.1. The van der Waals surface area contributed by atoms with Crippen molar-refractivity contribution in [3.8, 4) is 0 Å². The predicted molar refractivity (Wildman–Crippen MR) is 96.6 cm³/mol. The van der Waals surface area contributed by atoms with E-state index in [2.05, 4.69) is 24.1 Å². The van der Waals surface area contributed by atoms with Gasteiger partial charge in [-0.25, -0.2) is 0 Å². The van der Waals surface area contributed by atoms with Crippen LogP contribution in [-0.2, 0) is 16.1 Å². The molecule has 7 heteroatoms. The maximum absolute atomic E-state index is 12.2. The highest BCUT2D eigenvalue weighted by Gasteiger charge is 2.22. The second kappa shape index (κ2) is 9.34. The van der Waals surface area contributed by atoms with E-state index in [-0.39, 0.29) is 10.8 Å². The van der Waals surface area contributed by atoms with Crippen molar-refractivity contribution in [2.75, 3.05) is 32.8 Å². The van der Waals surface area contributed by atoms with Crippen LogP contribution in [-0.4, -0.2) is 54.3 Å². The van der Waals surface area contributed by atoms with Gasteiger partial charge in [0.2, 0.25) is 5.91 Å². The van der Waals surface area contributed by atoms with Gasteiger partial charge in [0.05, 0.1) is 13.2 Å². The third-order valence-corrected chi connectivity index (χ3v) is 5.26. The first-order valence-corrected chi connectivity index (χ1v) is 9.58. The molecule has 1 fully saturated rings. The zero-order valence-electron chi connectivity index (χ0n) is 14.9. The van der Waals surface area contributed by atoms with E-state index in [9.17, 15) is 9.59 Å². The summed E-state index contributed by atoms with van der Waals surface area (Å²) < 4.78 is 7.09. The number of rotatable bonds is 8. The average molecular weight is 356 g/mol. The maximum atomic E-state index is 12.2. The van der Waals surface area contributed by atoms with Gasteiger partial charge in [0, 0.05) is 49.7 Å². The molecule has 1 aromatic heterocycles. The van der Waals surface area contributed by atoms with Gasteiger partial charge >= 0.3 is 4.87 Å². The van der Waals surface area contributed by atoms with E-state index in [1.54, 1.807) is 4.57 Å². The largest absolute Gasteiger partial charge is 0.379 e. The van der Waals surface area contributed by atoms with E-state index in [0.29, 0.717) is 31.5 Å². The van der Waals surface area contributed by atoms with E-state index >= 15 is 0 Å². The Kier molecular flexibility index (Phi) is 7.45. The van der Waals surface area contributed by atoms with Gasteiger partial charge in [0.25, 0.3) is 0 Å². The standard InChI is InChI=1S/C17H29N3O3S/c1-13(2)10-15(19-6-8-23-9-7-19)11-18-16(21)4-5-20-14(3)12-24-17(20)22/h12-13,15H,4-11H2,1-3H3,(H,18,21). The molecule has 136 valence electrons. The summed E-state index contributed by atoms with van der Waals surface area (Å²) in [6, 6.07) is 0.350. The number of thiazole rings is 1. The van der Waals surface area contributed by atoms with E-state index in [1.165, 1.54) is 11.3 Å². The first-order valence-electron chi connectivity index (χ1n) is 8.70. The van der Waals surface area contributed by atoms with Gasteiger partial charge in [-0.15, -0.1) is 0 Å². The lowest BCUT2D eigenvalue weighted by Crippen LogP contribution is -2.49. The fourth-order valence-corrected chi connectivity index (χ4v) is 3.82. The molecule has 1 aliphatic heterocycles. The third-order valence-electron chi connectivity index (χ3n) is 4.38. The highest BCUT2D eigenvalue weighted by molar-refractivity contribution is 7.07. The minimum atomic E-state index is 0.00583. The molecule has 1 aromatic rings. The van der Waals surface area contributed by atoms with Gasteiger partial charge in [0.1, 0.15) is 0 Å². The van der Waals surface area contributed by atoms with Crippen molar-refractivity contribution < 1.29 is 9.53 Å². The Hall–Kier alpha value is -1.18. The van der Waals surface area contributed by atoms with Crippen LogP contribution < -0.4 is 10.2 Å². The molecule has 0 radical (unpaired) electrons. The Balaban J connectivity index is 1.81. The lowest BCUT2D eigenvalue weighted by atomic mass is 10.0. The second-order valence-electron chi connectivity index (χ2n) is 6.78. The molecule has 0 spiro atoms. The van der Waals surface area contributed by atoms with Crippen LogP contribution in [0.4, 0.5) is 0 Å². The van der Waals surface area contributed by atoms with Crippen molar-refractivity contribution in [1.82, 2.24) is 14.8 Å². The molecule has 1 atom stereocenters. The van der Waals surface area contributed by atoms with Crippen molar-refractivity contribution in [3.05, 3.63) is 20.7 Å². The van der Waals surface area contributed by atoms with Gasteiger partial charge in [-0.2, -0.15) is 0 Å². The smallest absolute Gasteiger partial charge is 0.307 e. The molecule has 0 aliphatic carbocycles. The topological polar surface area (TPSA) is 63.6 Å². The molecule has 0 aromatic carbocycles. The number of aryl methyl sites for hydroxylation is 1. The van der Waals surface area contributed by atoms with Crippen molar-refractivity contribution in [2.45, 2.75) is 46.2 Å². The van der Waals surface area contributed by atoms with E-state index in [0.717, 1.165) is 38.4 Å². The molecule has 0 saturated carbocycles. The van der Waals surface area contributed by atoms with Gasteiger partial charge in [-0.3, -0.25) is 14.5 Å². The number of carbonyl (C=O) groups is 1. The lowest BCUT2D eigenvalue weighted by molar-refractivity contribution is -0.121. The summed E-state index contributed by atoms with van der Waals surface area (Å²) in [4.78, 5) is 26.3. The van der Waals surface area contributed by atoms with Gasteiger partial charge in [-0.05, 0) is 19.3 Å². The van der Waals surface area contributed by atoms with Crippen LogP contribution in [0.15, 0.2) is 10.2 Å². The first-order chi connectivity index (χ1) is 11.5. The molecule has 1 amide bonds. The summed E-state index contributed by atoms with van der Waals surface area (Å²) >= 11 is 1.18. The molecule has 1 unspecified atom stereocenters. The van der Waals surface area contributed by atoms with Crippen molar-refractivity contribution >= 4 is 17.2 Å². The van der Waals surface area contributed by atoms with E-state index in [1.807, 2.05) is 12.3 Å². The summed E-state index contributed by atoms with van der Waals surface area (Å²) in [5.74, 6) is 0.594. The van der Waals surface area contributed by atoms with Gasteiger partial charge in [0.15, 0.2) is 0 Å². The third kappa shape index (κ3) is 5.72. The number of hydrogen-bond donors (Lipinski definition) is 1. The Bertz CT molecular complexity index is 576. The Morgan fingerprint density at radius 1 is 1.38 bits per heavy atom. The summed E-state index contributed by atoms with van der Waals surface area (Å²) in [7, 11) is 0. The minimum Gasteiger partial charge on any atom is -0.379 e. The fraction of sp³-hybridized carbons (Fsp3) is 0.765. The monoisotopic (exact) mass is 355 g/mol. The summed E-state index contributed by atoms with van der Waals surface area (Å²) in [6.07, 6.45) is 1.40. The minimum absolute atomic E-state index is 0.00583. The van der Waals surface area contributed by atoms with Crippen LogP contribution in [0.5, 0.6) is 0 Å². The van der Waals surface area contributed by atoms with Crippen molar-refractivity contribution in [2.24, 2.45) is 5.92 Å². The number of aromatic nitrogens is 1. The van der Waals surface area contributed by atoms with Crippen molar-refractivity contribution in [1.29, 1.82) is 0 Å². The van der Waals surface area contributed by atoms with Crippen LogP contribution in [0, 0.1) is 12.8 Å². The molecule has 1 aliphatic rings. The van der Waals surface area contributed by atoms with Crippen LogP contribution in [0.2, 0.25) is 0 Å². The number of morpholine rings is 1. The second-order valence-corrected chi connectivity index (χ2v) is 7.60. The molecule has 6 nitrogen and oxygen atoms in total. The number of nitrogens with one attached hydrogen (secondary N) is 1. The quantitative estimate of drug-likeness (QED) is 0.767.